The summed E-state index contributed by atoms with van der Waals surface area (Å²) in [5, 5.41) is 20.0. The Morgan fingerprint density at radius 1 is 1.50 bits per heavy atom. The third-order valence-corrected chi connectivity index (χ3v) is 3.32. The fraction of sp³-hybridized carbons (Fsp3) is 0.700. The van der Waals surface area contributed by atoms with Crippen LogP contribution >= 0.6 is 0 Å². The fourth-order valence-electron chi connectivity index (χ4n) is 2.58. The van der Waals surface area contributed by atoms with Crippen molar-refractivity contribution >= 4 is 5.97 Å². The molecule has 0 saturated heterocycles. The lowest BCUT2D eigenvalue weighted by Crippen LogP contribution is -2.53. The monoisotopic (exact) mass is 198 g/mol. The number of ether oxygens (including phenoxy) is 1. The van der Waals surface area contributed by atoms with Gasteiger partial charge in [-0.05, 0) is 25.2 Å². The van der Waals surface area contributed by atoms with Crippen molar-refractivity contribution in [2.75, 3.05) is 0 Å². The highest BCUT2D eigenvalue weighted by atomic mass is 16.7. The van der Waals surface area contributed by atoms with Gasteiger partial charge >= 0.3 is 5.97 Å². The van der Waals surface area contributed by atoms with Crippen LogP contribution in [0, 0.1) is 5.92 Å². The first-order valence-corrected chi connectivity index (χ1v) is 4.79. The van der Waals surface area contributed by atoms with E-state index in [0.717, 1.165) is 12.5 Å². The molecule has 2 fully saturated rings. The Morgan fingerprint density at radius 2 is 2.21 bits per heavy atom. The van der Waals surface area contributed by atoms with E-state index in [1.54, 1.807) is 0 Å². The summed E-state index contributed by atoms with van der Waals surface area (Å²) >= 11 is 0. The van der Waals surface area contributed by atoms with Crippen LogP contribution in [0.15, 0.2) is 12.7 Å². The number of esters is 1. The Kier molecular flexibility index (Phi) is 1.94. The van der Waals surface area contributed by atoms with Crippen LogP contribution in [0.4, 0.5) is 0 Å². The maximum atomic E-state index is 11.0. The Labute approximate surface area is 82.2 Å². The van der Waals surface area contributed by atoms with Crippen LogP contribution in [0.2, 0.25) is 0 Å². The van der Waals surface area contributed by atoms with Crippen LogP contribution in [-0.2, 0) is 9.53 Å². The quantitative estimate of drug-likeness (QED) is 0.381. The Hall–Kier alpha value is -0.870. The van der Waals surface area contributed by atoms with Gasteiger partial charge in [-0.15, -0.1) is 0 Å². The first kappa shape index (κ1) is 9.68. The molecule has 0 amide bonds. The SMILES string of the molecule is C=CC(=O)OC1(O)CC2CCC1(O)C2. The van der Waals surface area contributed by atoms with Gasteiger partial charge in [-0.3, -0.25) is 0 Å². The van der Waals surface area contributed by atoms with Crippen molar-refractivity contribution in [2.24, 2.45) is 5.92 Å². The van der Waals surface area contributed by atoms with Gasteiger partial charge in [-0.25, -0.2) is 4.79 Å². The van der Waals surface area contributed by atoms with Crippen LogP contribution in [0.1, 0.15) is 25.7 Å². The second kappa shape index (κ2) is 2.81. The van der Waals surface area contributed by atoms with E-state index >= 15 is 0 Å². The molecule has 0 radical (unpaired) electrons. The van der Waals surface area contributed by atoms with E-state index in [1.807, 2.05) is 0 Å². The van der Waals surface area contributed by atoms with Gasteiger partial charge in [0.2, 0.25) is 5.79 Å². The number of aliphatic hydroxyl groups is 2. The molecule has 3 unspecified atom stereocenters. The second-order valence-corrected chi connectivity index (χ2v) is 4.25. The molecule has 0 aromatic rings. The smallest absolute Gasteiger partial charge is 0.332 e. The molecule has 2 aliphatic carbocycles. The molecule has 2 rings (SSSR count). The third kappa shape index (κ3) is 1.18. The number of hydrogen-bond acceptors (Lipinski definition) is 4. The highest BCUT2D eigenvalue weighted by Gasteiger charge is 2.63. The van der Waals surface area contributed by atoms with Gasteiger partial charge in [0, 0.05) is 12.5 Å². The lowest BCUT2D eigenvalue weighted by Gasteiger charge is -2.37. The summed E-state index contributed by atoms with van der Waals surface area (Å²) in [5.41, 5.74) is -1.24. The van der Waals surface area contributed by atoms with E-state index < -0.39 is 17.4 Å². The van der Waals surface area contributed by atoms with Crippen molar-refractivity contribution in [1.29, 1.82) is 0 Å². The Morgan fingerprint density at radius 3 is 2.64 bits per heavy atom. The largest absolute Gasteiger partial charge is 0.427 e. The van der Waals surface area contributed by atoms with E-state index in [1.165, 1.54) is 0 Å². The van der Waals surface area contributed by atoms with Crippen molar-refractivity contribution in [3.8, 4) is 0 Å². The highest BCUT2D eigenvalue weighted by molar-refractivity contribution is 5.81. The average molecular weight is 198 g/mol. The minimum Gasteiger partial charge on any atom is -0.427 e. The molecule has 2 saturated carbocycles. The Bertz CT molecular complexity index is 288. The van der Waals surface area contributed by atoms with Gasteiger partial charge in [0.05, 0.1) is 0 Å². The van der Waals surface area contributed by atoms with E-state index in [0.29, 0.717) is 19.3 Å². The summed E-state index contributed by atoms with van der Waals surface area (Å²) in [5.74, 6) is -2.11. The van der Waals surface area contributed by atoms with Crippen molar-refractivity contribution in [2.45, 2.75) is 37.1 Å². The zero-order valence-corrected chi connectivity index (χ0v) is 7.90. The molecule has 4 nitrogen and oxygen atoms in total. The van der Waals surface area contributed by atoms with Gasteiger partial charge in [0.25, 0.3) is 0 Å². The molecule has 2 aliphatic rings. The zero-order valence-electron chi connectivity index (χ0n) is 7.90. The summed E-state index contributed by atoms with van der Waals surface area (Å²) in [6, 6.07) is 0. The summed E-state index contributed by atoms with van der Waals surface area (Å²) in [6.45, 7) is 3.25. The van der Waals surface area contributed by atoms with Crippen molar-refractivity contribution in [3.63, 3.8) is 0 Å². The Balaban J connectivity index is 2.17. The van der Waals surface area contributed by atoms with Gasteiger partial charge in [-0.1, -0.05) is 6.58 Å². The number of carbonyl (C=O) groups is 1. The van der Waals surface area contributed by atoms with Crippen LogP contribution in [-0.4, -0.2) is 27.6 Å². The maximum absolute atomic E-state index is 11.0. The average Bonchev–Trinajstić information content (AvgIpc) is 2.57. The zero-order chi connectivity index (χ0) is 10.4. The molecular weight excluding hydrogens is 184 g/mol. The molecule has 0 spiro atoms. The van der Waals surface area contributed by atoms with E-state index in [2.05, 4.69) is 6.58 Å². The molecule has 0 aromatic carbocycles. The normalized spacial score (nSPS) is 45.1. The fourth-order valence-corrected chi connectivity index (χ4v) is 2.58. The molecule has 14 heavy (non-hydrogen) atoms. The van der Waals surface area contributed by atoms with E-state index in [9.17, 15) is 15.0 Å². The predicted octanol–water partition coefficient (Wildman–Crippen LogP) is 0.339. The summed E-state index contributed by atoms with van der Waals surface area (Å²) < 4.78 is 4.83. The molecule has 2 N–H and O–H groups in total. The van der Waals surface area contributed by atoms with E-state index in [4.69, 9.17) is 4.74 Å². The molecule has 78 valence electrons. The number of fused-ring (bicyclic) bond motifs is 2. The van der Waals surface area contributed by atoms with Crippen LogP contribution in [0.5, 0.6) is 0 Å². The lowest BCUT2D eigenvalue weighted by atomic mass is 9.90. The van der Waals surface area contributed by atoms with Gasteiger partial charge in [0.1, 0.15) is 5.60 Å². The van der Waals surface area contributed by atoms with Crippen LogP contribution in [0.25, 0.3) is 0 Å². The number of hydrogen-bond donors (Lipinski definition) is 2. The molecule has 0 aromatic heterocycles. The second-order valence-electron chi connectivity index (χ2n) is 4.25. The molecule has 0 heterocycles. The van der Waals surface area contributed by atoms with Crippen molar-refractivity contribution < 1.29 is 19.7 Å². The molecule has 2 bridgehead atoms. The maximum Gasteiger partial charge on any atom is 0.332 e. The van der Waals surface area contributed by atoms with Crippen LogP contribution in [0.3, 0.4) is 0 Å². The number of rotatable bonds is 2. The molecular formula is C10H14O4. The van der Waals surface area contributed by atoms with Gasteiger partial charge in [0.15, 0.2) is 0 Å². The molecule has 4 heteroatoms. The van der Waals surface area contributed by atoms with Crippen LogP contribution < -0.4 is 0 Å². The molecule has 0 aliphatic heterocycles. The highest BCUT2D eigenvalue weighted by Crippen LogP contribution is 2.54. The minimum atomic E-state index is -1.69. The first-order valence-electron chi connectivity index (χ1n) is 4.79. The predicted molar refractivity (Wildman–Crippen MR) is 48.1 cm³/mol. The van der Waals surface area contributed by atoms with Gasteiger partial charge < -0.3 is 14.9 Å². The topological polar surface area (TPSA) is 66.8 Å². The lowest BCUT2D eigenvalue weighted by molar-refractivity contribution is -0.274. The van der Waals surface area contributed by atoms with Gasteiger partial charge in [-0.2, -0.15) is 0 Å². The third-order valence-electron chi connectivity index (χ3n) is 3.32. The minimum absolute atomic E-state index is 0.266. The summed E-state index contributed by atoms with van der Waals surface area (Å²) in [6.07, 6.45) is 3.24. The summed E-state index contributed by atoms with van der Waals surface area (Å²) in [7, 11) is 0. The number of carbonyl (C=O) groups excluding carboxylic acids is 1. The molecule has 3 atom stereocenters. The van der Waals surface area contributed by atoms with Crippen molar-refractivity contribution in [1.82, 2.24) is 0 Å². The van der Waals surface area contributed by atoms with Crippen molar-refractivity contribution in [3.05, 3.63) is 12.7 Å². The van der Waals surface area contributed by atoms with E-state index in [-0.39, 0.29) is 5.92 Å². The standard InChI is InChI=1S/C10H14O4/c1-2-8(11)14-10(13)6-7-3-4-9(10,12)5-7/h2,7,12-13H,1,3-6H2. The summed E-state index contributed by atoms with van der Waals surface area (Å²) in [4.78, 5) is 11.0. The first-order chi connectivity index (χ1) is 6.49.